The van der Waals surface area contributed by atoms with Gasteiger partial charge >= 0.3 is 0 Å². The summed E-state index contributed by atoms with van der Waals surface area (Å²) in [5.41, 5.74) is 1.24. The number of aromatic amines is 1. The highest BCUT2D eigenvalue weighted by atomic mass is 32.1. The molecule has 4 rings (SSSR count). The average Bonchev–Trinajstić information content (AvgIpc) is 3.40. The smallest absolute Gasteiger partial charge is 0.264 e. The van der Waals surface area contributed by atoms with Crippen LogP contribution in [0.5, 0.6) is 5.75 Å². The lowest BCUT2D eigenvalue weighted by Gasteiger charge is -2.28. The van der Waals surface area contributed by atoms with Gasteiger partial charge in [0.15, 0.2) is 0 Å². The highest BCUT2D eigenvalue weighted by molar-refractivity contribution is 7.12. The minimum absolute atomic E-state index is 0.0180. The van der Waals surface area contributed by atoms with E-state index in [0.717, 1.165) is 47.2 Å². The molecule has 1 fully saturated rings. The predicted octanol–water partition coefficient (Wildman–Crippen LogP) is 4.57. The standard InChI is InChI=1S/C22H24N2O3S/c1-2-27-18-9-10-19-15(13-18)12-16(21(25)23-19)14-24(17-6-3-4-7-17)22(26)20-8-5-11-28-20/h5,8-13,17H,2-4,6-7,14H2,1H3,(H,23,25). The minimum atomic E-state index is -0.140. The van der Waals surface area contributed by atoms with Gasteiger partial charge in [0.05, 0.1) is 18.0 Å². The molecule has 0 unspecified atom stereocenters. The lowest BCUT2D eigenvalue weighted by Crippen LogP contribution is -2.39. The van der Waals surface area contributed by atoms with Gasteiger partial charge in [-0.2, -0.15) is 0 Å². The SMILES string of the molecule is CCOc1ccc2[nH]c(=O)c(CN(C(=O)c3cccs3)C3CCCC3)cc2c1. The molecule has 1 aromatic carbocycles. The Morgan fingerprint density at radius 3 is 2.79 bits per heavy atom. The highest BCUT2D eigenvalue weighted by Gasteiger charge is 2.28. The molecule has 5 nitrogen and oxygen atoms in total. The summed E-state index contributed by atoms with van der Waals surface area (Å²) in [5, 5.41) is 2.83. The number of hydrogen-bond acceptors (Lipinski definition) is 4. The largest absolute Gasteiger partial charge is 0.494 e. The number of amides is 1. The molecule has 1 aliphatic rings. The monoisotopic (exact) mass is 396 g/mol. The van der Waals surface area contributed by atoms with Crippen molar-refractivity contribution in [1.29, 1.82) is 0 Å². The van der Waals surface area contributed by atoms with E-state index in [1.165, 1.54) is 11.3 Å². The van der Waals surface area contributed by atoms with Gasteiger partial charge in [-0.3, -0.25) is 9.59 Å². The van der Waals surface area contributed by atoms with Gasteiger partial charge in [-0.25, -0.2) is 0 Å². The molecule has 0 aliphatic heterocycles. The van der Waals surface area contributed by atoms with E-state index in [1.54, 1.807) is 0 Å². The zero-order chi connectivity index (χ0) is 19.5. The summed E-state index contributed by atoms with van der Waals surface area (Å²) >= 11 is 1.45. The van der Waals surface area contributed by atoms with E-state index in [-0.39, 0.29) is 17.5 Å². The Kier molecular flexibility index (Phi) is 5.48. The van der Waals surface area contributed by atoms with E-state index in [2.05, 4.69) is 4.98 Å². The maximum Gasteiger partial charge on any atom is 0.264 e. The van der Waals surface area contributed by atoms with Crippen molar-refractivity contribution in [3.63, 3.8) is 0 Å². The van der Waals surface area contributed by atoms with Crippen molar-refractivity contribution in [1.82, 2.24) is 9.88 Å². The van der Waals surface area contributed by atoms with Gasteiger partial charge in [-0.05, 0) is 55.5 Å². The zero-order valence-corrected chi connectivity index (χ0v) is 16.8. The molecule has 1 saturated carbocycles. The number of H-pyrrole nitrogens is 1. The molecule has 0 spiro atoms. The first-order valence-electron chi connectivity index (χ1n) is 9.79. The topological polar surface area (TPSA) is 62.4 Å². The van der Waals surface area contributed by atoms with Crippen LogP contribution in [-0.4, -0.2) is 28.4 Å². The molecule has 2 aromatic heterocycles. The number of ether oxygens (including phenoxy) is 1. The van der Waals surface area contributed by atoms with E-state index in [9.17, 15) is 9.59 Å². The molecular formula is C22H24N2O3S. The van der Waals surface area contributed by atoms with Crippen LogP contribution in [0.3, 0.4) is 0 Å². The number of rotatable bonds is 6. The molecule has 0 atom stereocenters. The van der Waals surface area contributed by atoms with Crippen LogP contribution in [0.4, 0.5) is 0 Å². The maximum absolute atomic E-state index is 13.1. The van der Waals surface area contributed by atoms with E-state index in [1.807, 2.05) is 53.6 Å². The molecule has 0 bridgehead atoms. The Bertz CT molecular complexity index is 1020. The molecule has 1 N–H and O–H groups in total. The Morgan fingerprint density at radius 1 is 1.25 bits per heavy atom. The second-order valence-electron chi connectivity index (χ2n) is 7.15. The fourth-order valence-electron chi connectivity index (χ4n) is 3.91. The molecule has 2 heterocycles. The number of thiophene rings is 1. The molecule has 3 aromatic rings. The fourth-order valence-corrected chi connectivity index (χ4v) is 4.59. The number of pyridine rings is 1. The van der Waals surface area contributed by atoms with Crippen LogP contribution >= 0.6 is 11.3 Å². The first-order chi connectivity index (χ1) is 13.7. The van der Waals surface area contributed by atoms with Crippen LogP contribution in [0, 0.1) is 0 Å². The summed E-state index contributed by atoms with van der Waals surface area (Å²) in [5.74, 6) is 0.791. The predicted molar refractivity (Wildman–Crippen MR) is 112 cm³/mol. The molecule has 28 heavy (non-hydrogen) atoms. The van der Waals surface area contributed by atoms with Gasteiger partial charge in [0.25, 0.3) is 11.5 Å². The number of aromatic nitrogens is 1. The number of hydrogen-bond donors (Lipinski definition) is 1. The number of fused-ring (bicyclic) bond motifs is 1. The van der Waals surface area contributed by atoms with Crippen molar-refractivity contribution in [2.75, 3.05) is 6.61 Å². The van der Waals surface area contributed by atoms with Crippen LogP contribution < -0.4 is 10.3 Å². The van der Waals surface area contributed by atoms with Gasteiger partial charge in [0.1, 0.15) is 5.75 Å². The molecular weight excluding hydrogens is 372 g/mol. The lowest BCUT2D eigenvalue weighted by molar-refractivity contribution is 0.0669. The van der Waals surface area contributed by atoms with E-state index in [4.69, 9.17) is 4.74 Å². The van der Waals surface area contributed by atoms with Crippen molar-refractivity contribution >= 4 is 28.1 Å². The van der Waals surface area contributed by atoms with Gasteiger partial charge in [-0.15, -0.1) is 11.3 Å². The van der Waals surface area contributed by atoms with Crippen LogP contribution in [0.25, 0.3) is 10.9 Å². The first kappa shape index (κ1) is 18.7. The van der Waals surface area contributed by atoms with Crippen LogP contribution in [-0.2, 0) is 6.54 Å². The second-order valence-corrected chi connectivity index (χ2v) is 8.10. The third kappa shape index (κ3) is 3.83. The van der Waals surface area contributed by atoms with Gasteiger partial charge < -0.3 is 14.6 Å². The summed E-state index contributed by atoms with van der Waals surface area (Å²) in [6.07, 6.45) is 4.25. The maximum atomic E-state index is 13.1. The number of nitrogens with one attached hydrogen (secondary N) is 1. The van der Waals surface area contributed by atoms with E-state index < -0.39 is 0 Å². The summed E-state index contributed by atoms with van der Waals surface area (Å²) in [6, 6.07) is 11.5. The van der Waals surface area contributed by atoms with Crippen LogP contribution in [0.2, 0.25) is 0 Å². The number of carbonyl (C=O) groups excluding carboxylic acids is 1. The Labute approximate surface area is 168 Å². The Morgan fingerprint density at radius 2 is 2.07 bits per heavy atom. The van der Waals surface area contributed by atoms with Gasteiger partial charge in [-0.1, -0.05) is 18.9 Å². The first-order valence-corrected chi connectivity index (χ1v) is 10.7. The third-order valence-corrected chi connectivity index (χ3v) is 6.16. The van der Waals surface area contributed by atoms with Crippen molar-refractivity contribution in [3.8, 4) is 5.75 Å². The highest BCUT2D eigenvalue weighted by Crippen LogP contribution is 2.28. The van der Waals surface area contributed by atoms with Crippen molar-refractivity contribution in [3.05, 3.63) is 62.6 Å². The molecule has 0 saturated heterocycles. The Balaban J connectivity index is 1.68. The van der Waals surface area contributed by atoms with Crippen molar-refractivity contribution in [2.45, 2.75) is 45.2 Å². The average molecular weight is 397 g/mol. The molecule has 0 radical (unpaired) electrons. The number of benzene rings is 1. The Hall–Kier alpha value is -2.60. The number of nitrogens with zero attached hydrogens (tertiary/aromatic N) is 1. The van der Waals surface area contributed by atoms with Crippen LogP contribution in [0.1, 0.15) is 47.8 Å². The van der Waals surface area contributed by atoms with Crippen molar-refractivity contribution in [2.24, 2.45) is 0 Å². The van der Waals surface area contributed by atoms with Gasteiger partial charge in [0.2, 0.25) is 0 Å². The molecule has 1 amide bonds. The third-order valence-electron chi connectivity index (χ3n) is 5.30. The van der Waals surface area contributed by atoms with Crippen molar-refractivity contribution < 1.29 is 9.53 Å². The summed E-state index contributed by atoms with van der Waals surface area (Å²) in [7, 11) is 0. The molecule has 6 heteroatoms. The van der Waals surface area contributed by atoms with Crippen LogP contribution in [0.15, 0.2) is 46.6 Å². The minimum Gasteiger partial charge on any atom is -0.494 e. The summed E-state index contributed by atoms with van der Waals surface area (Å²) < 4.78 is 5.58. The van der Waals surface area contributed by atoms with Gasteiger partial charge in [0, 0.05) is 22.5 Å². The summed E-state index contributed by atoms with van der Waals surface area (Å²) in [6.45, 7) is 2.86. The quantitative estimate of drug-likeness (QED) is 0.664. The number of carbonyl (C=O) groups is 1. The van der Waals surface area contributed by atoms with E-state index >= 15 is 0 Å². The second kappa shape index (κ2) is 8.19. The summed E-state index contributed by atoms with van der Waals surface area (Å²) in [4.78, 5) is 31.4. The zero-order valence-electron chi connectivity index (χ0n) is 15.9. The lowest BCUT2D eigenvalue weighted by atomic mass is 10.1. The fraction of sp³-hybridized carbons (Fsp3) is 0.364. The normalized spacial score (nSPS) is 14.5. The van der Waals surface area contributed by atoms with E-state index in [0.29, 0.717) is 18.7 Å². The molecule has 1 aliphatic carbocycles. The molecule has 146 valence electrons.